The van der Waals surface area contributed by atoms with Crippen molar-refractivity contribution in [1.82, 2.24) is 14.9 Å². The molecular weight excluding hydrogens is 413 g/mol. The topological polar surface area (TPSA) is 67.8 Å². The van der Waals surface area contributed by atoms with Crippen LogP contribution in [0.3, 0.4) is 0 Å². The van der Waals surface area contributed by atoms with Crippen LogP contribution in [0, 0.1) is 6.92 Å². The highest BCUT2D eigenvalue weighted by atomic mass is 19.4. The number of ether oxygens (including phenoxy) is 2. The van der Waals surface area contributed by atoms with Crippen LogP contribution >= 0.6 is 0 Å². The fourth-order valence-corrected chi connectivity index (χ4v) is 3.24. The molecule has 0 saturated carbocycles. The third-order valence-electron chi connectivity index (χ3n) is 4.86. The summed E-state index contributed by atoms with van der Waals surface area (Å²) in [6.07, 6.45) is -1.39. The maximum Gasteiger partial charge on any atom is 0.433 e. The molecule has 0 radical (unpaired) electrons. The average molecular weight is 436 g/mol. The number of piperazine rings is 1. The molecule has 0 bridgehead atoms. The Kier molecular flexibility index (Phi) is 6.67. The monoisotopic (exact) mass is 436 g/mol. The van der Waals surface area contributed by atoms with Crippen molar-refractivity contribution in [2.75, 3.05) is 45.3 Å². The molecular formula is C21H23F3N4O3. The summed E-state index contributed by atoms with van der Waals surface area (Å²) in [5.41, 5.74) is -0.188. The van der Waals surface area contributed by atoms with E-state index in [4.69, 9.17) is 9.47 Å². The zero-order chi connectivity index (χ0) is 22.6. The zero-order valence-electron chi connectivity index (χ0n) is 17.4. The molecule has 1 fully saturated rings. The van der Waals surface area contributed by atoms with Crippen LogP contribution in [-0.4, -0.2) is 61.2 Å². The lowest BCUT2D eigenvalue weighted by Gasteiger charge is -2.35. The molecule has 3 rings (SSSR count). The molecule has 1 amide bonds. The van der Waals surface area contributed by atoms with Crippen LogP contribution in [-0.2, 0) is 11.0 Å². The van der Waals surface area contributed by atoms with Crippen LogP contribution in [0.2, 0.25) is 0 Å². The van der Waals surface area contributed by atoms with E-state index in [2.05, 4.69) is 9.97 Å². The molecule has 1 aromatic carbocycles. The van der Waals surface area contributed by atoms with Gasteiger partial charge >= 0.3 is 6.18 Å². The Balaban J connectivity index is 1.63. The third-order valence-corrected chi connectivity index (χ3v) is 4.86. The summed E-state index contributed by atoms with van der Waals surface area (Å²) in [5, 5.41) is 0. The molecule has 166 valence electrons. The first-order chi connectivity index (χ1) is 14.7. The molecule has 10 heteroatoms. The predicted molar refractivity (Wildman–Crippen MR) is 109 cm³/mol. The Hall–Kier alpha value is -3.30. The van der Waals surface area contributed by atoms with E-state index in [-0.39, 0.29) is 17.5 Å². The number of methoxy groups -OCH3 is 2. The summed E-state index contributed by atoms with van der Waals surface area (Å²) in [7, 11) is 3.08. The molecule has 7 nitrogen and oxygen atoms in total. The maximum atomic E-state index is 13.0. The highest BCUT2D eigenvalue weighted by molar-refractivity contribution is 5.92. The number of carbonyl (C=O) groups is 1. The highest BCUT2D eigenvalue weighted by Gasteiger charge is 2.34. The molecule has 2 aromatic rings. The number of aromatic nitrogens is 2. The second kappa shape index (κ2) is 9.23. The summed E-state index contributed by atoms with van der Waals surface area (Å²) in [4.78, 5) is 23.5. The van der Waals surface area contributed by atoms with Crippen LogP contribution < -0.4 is 14.4 Å². The van der Waals surface area contributed by atoms with Gasteiger partial charge in [-0.3, -0.25) is 4.79 Å². The number of amides is 1. The van der Waals surface area contributed by atoms with Gasteiger partial charge in [-0.25, -0.2) is 9.97 Å². The number of halogens is 3. The molecule has 0 unspecified atom stereocenters. The van der Waals surface area contributed by atoms with Crippen molar-refractivity contribution in [1.29, 1.82) is 0 Å². The number of carbonyl (C=O) groups excluding carboxylic acids is 1. The summed E-state index contributed by atoms with van der Waals surface area (Å²) in [5.74, 6) is 1.25. The second-order valence-corrected chi connectivity index (χ2v) is 6.92. The van der Waals surface area contributed by atoms with Gasteiger partial charge in [-0.1, -0.05) is 6.07 Å². The van der Waals surface area contributed by atoms with Gasteiger partial charge in [0.15, 0.2) is 11.5 Å². The van der Waals surface area contributed by atoms with Gasteiger partial charge < -0.3 is 19.3 Å². The van der Waals surface area contributed by atoms with E-state index in [1.807, 2.05) is 0 Å². The van der Waals surface area contributed by atoms with E-state index in [1.54, 1.807) is 41.2 Å². The number of nitrogens with zero attached hydrogens (tertiary/aromatic N) is 4. The molecule has 1 aliphatic heterocycles. The van der Waals surface area contributed by atoms with E-state index in [1.165, 1.54) is 20.1 Å². The minimum atomic E-state index is -4.53. The van der Waals surface area contributed by atoms with E-state index in [9.17, 15) is 18.0 Å². The lowest BCUT2D eigenvalue weighted by atomic mass is 10.2. The van der Waals surface area contributed by atoms with E-state index in [0.717, 1.165) is 11.6 Å². The second-order valence-electron chi connectivity index (χ2n) is 6.92. The van der Waals surface area contributed by atoms with Crippen LogP contribution in [0.4, 0.5) is 19.0 Å². The zero-order valence-corrected chi connectivity index (χ0v) is 17.4. The lowest BCUT2D eigenvalue weighted by molar-refractivity contribution is -0.141. The molecule has 0 atom stereocenters. The molecule has 1 aromatic heterocycles. The van der Waals surface area contributed by atoms with Crippen molar-refractivity contribution in [2.45, 2.75) is 13.1 Å². The number of anilines is 1. The van der Waals surface area contributed by atoms with Crippen LogP contribution in [0.25, 0.3) is 6.08 Å². The molecule has 1 saturated heterocycles. The molecule has 0 N–H and O–H groups in total. The van der Waals surface area contributed by atoms with Gasteiger partial charge in [-0.15, -0.1) is 0 Å². The number of hydrogen-bond donors (Lipinski definition) is 0. The normalized spacial score (nSPS) is 14.8. The number of aryl methyl sites for hydroxylation is 1. The number of benzene rings is 1. The van der Waals surface area contributed by atoms with Crippen molar-refractivity contribution >= 4 is 17.8 Å². The Morgan fingerprint density at radius 3 is 2.32 bits per heavy atom. The number of hydrogen-bond acceptors (Lipinski definition) is 6. The fourth-order valence-electron chi connectivity index (χ4n) is 3.24. The van der Waals surface area contributed by atoms with E-state index >= 15 is 0 Å². The first-order valence-electron chi connectivity index (χ1n) is 9.58. The predicted octanol–water partition coefficient (Wildman–Crippen LogP) is 3.18. The summed E-state index contributed by atoms with van der Waals surface area (Å²) >= 11 is 0. The number of rotatable bonds is 5. The van der Waals surface area contributed by atoms with Crippen molar-refractivity contribution < 1.29 is 27.4 Å². The van der Waals surface area contributed by atoms with Gasteiger partial charge in [0, 0.05) is 38.3 Å². The smallest absolute Gasteiger partial charge is 0.433 e. The van der Waals surface area contributed by atoms with Crippen LogP contribution in [0.15, 0.2) is 30.3 Å². The van der Waals surface area contributed by atoms with Gasteiger partial charge in [-0.05, 0) is 30.7 Å². The molecule has 2 heterocycles. The van der Waals surface area contributed by atoms with Gasteiger partial charge in [0.25, 0.3) is 0 Å². The quantitative estimate of drug-likeness (QED) is 0.671. The largest absolute Gasteiger partial charge is 0.493 e. The highest BCUT2D eigenvalue weighted by Crippen LogP contribution is 2.30. The molecule has 1 aliphatic rings. The number of alkyl halides is 3. The first-order valence-corrected chi connectivity index (χ1v) is 9.58. The SMILES string of the molecule is COc1ccc(/C=C/C(=O)N2CCN(c3cc(C(F)(F)F)nc(C)n3)CC2)cc1OC. The summed E-state index contributed by atoms with van der Waals surface area (Å²) in [6, 6.07) is 6.26. The Bertz CT molecular complexity index is 971. The molecule has 31 heavy (non-hydrogen) atoms. The van der Waals surface area contributed by atoms with Gasteiger partial charge in [0.05, 0.1) is 14.2 Å². The fraction of sp³-hybridized carbons (Fsp3) is 0.381. The third kappa shape index (κ3) is 5.44. The van der Waals surface area contributed by atoms with Crippen molar-refractivity contribution in [3.63, 3.8) is 0 Å². The molecule has 0 aliphatic carbocycles. The average Bonchev–Trinajstić information content (AvgIpc) is 2.76. The van der Waals surface area contributed by atoms with Crippen LogP contribution in [0.1, 0.15) is 17.1 Å². The van der Waals surface area contributed by atoms with Gasteiger partial charge in [0.2, 0.25) is 5.91 Å². The van der Waals surface area contributed by atoms with E-state index < -0.39 is 11.9 Å². The Morgan fingerprint density at radius 2 is 1.71 bits per heavy atom. The summed E-state index contributed by atoms with van der Waals surface area (Å²) in [6.45, 7) is 2.93. The minimum absolute atomic E-state index is 0.0567. The van der Waals surface area contributed by atoms with Crippen LogP contribution in [0.5, 0.6) is 11.5 Å². The van der Waals surface area contributed by atoms with Gasteiger partial charge in [0.1, 0.15) is 17.3 Å². The Labute approximate surface area is 178 Å². The minimum Gasteiger partial charge on any atom is -0.493 e. The summed E-state index contributed by atoms with van der Waals surface area (Å²) < 4.78 is 49.5. The van der Waals surface area contributed by atoms with Crippen molar-refractivity contribution in [3.8, 4) is 11.5 Å². The lowest BCUT2D eigenvalue weighted by Crippen LogP contribution is -2.48. The van der Waals surface area contributed by atoms with Crippen molar-refractivity contribution in [3.05, 3.63) is 47.4 Å². The van der Waals surface area contributed by atoms with Gasteiger partial charge in [-0.2, -0.15) is 13.2 Å². The van der Waals surface area contributed by atoms with Crippen molar-refractivity contribution in [2.24, 2.45) is 0 Å². The Morgan fingerprint density at radius 1 is 1.03 bits per heavy atom. The first kappa shape index (κ1) is 22.4. The van der Waals surface area contributed by atoms with E-state index in [0.29, 0.717) is 37.7 Å². The maximum absolute atomic E-state index is 13.0. The standard InChI is InChI=1S/C21H23F3N4O3/c1-14-25-18(21(22,23)24)13-19(26-14)27-8-10-28(11-9-27)20(29)7-5-15-4-6-16(30-2)17(12-15)31-3/h4-7,12-13H,8-11H2,1-3H3/b7-5+. The molecule has 0 spiro atoms.